The van der Waals surface area contributed by atoms with Crippen LogP contribution in [0.15, 0.2) is 0 Å². The molecule has 0 rings (SSSR count). The number of aliphatic hydroxyl groups is 4. The van der Waals surface area contributed by atoms with Gasteiger partial charge in [-0.15, -0.1) is 0 Å². The molecular weight excluding hydrogens is 182 g/mol. The Balaban J connectivity index is 4.24. The topological polar surface area (TPSA) is 144 Å². The first-order chi connectivity index (χ1) is 5.91. The second-order valence-corrected chi connectivity index (χ2v) is 2.57. The van der Waals surface area contributed by atoms with Gasteiger partial charge < -0.3 is 31.3 Å². The highest BCUT2D eigenvalue weighted by Crippen LogP contribution is 2.04. The maximum Gasteiger partial charge on any atom is 0.335 e. The molecule has 0 heterocycles. The Kier molecular flexibility index (Phi) is 4.81. The van der Waals surface area contributed by atoms with E-state index in [1.807, 2.05) is 0 Å². The van der Waals surface area contributed by atoms with Gasteiger partial charge in [-0.2, -0.15) is 0 Å². The fraction of sp³-hybridized carbons (Fsp3) is 0.833. The van der Waals surface area contributed by atoms with Crippen LogP contribution < -0.4 is 5.73 Å². The summed E-state index contributed by atoms with van der Waals surface area (Å²) in [6.45, 7) is -0.343. The smallest absolute Gasteiger partial charge is 0.335 e. The summed E-state index contributed by atoms with van der Waals surface area (Å²) >= 11 is 0. The van der Waals surface area contributed by atoms with E-state index in [0.717, 1.165) is 0 Å². The predicted molar refractivity (Wildman–Crippen MR) is 40.7 cm³/mol. The summed E-state index contributed by atoms with van der Waals surface area (Å²) in [5.74, 6) is -1.68. The molecule has 0 aromatic rings. The molecule has 0 aromatic heterocycles. The van der Waals surface area contributed by atoms with Gasteiger partial charge in [0.15, 0.2) is 6.10 Å². The summed E-state index contributed by atoms with van der Waals surface area (Å²) in [6, 6.07) is 0. The minimum atomic E-state index is -2.14. The zero-order valence-electron chi connectivity index (χ0n) is 6.74. The first-order valence-corrected chi connectivity index (χ1v) is 3.57. The van der Waals surface area contributed by atoms with Crippen LogP contribution in [0.5, 0.6) is 0 Å². The lowest BCUT2D eigenvalue weighted by atomic mass is 10.0. The van der Waals surface area contributed by atoms with Crippen molar-refractivity contribution in [3.63, 3.8) is 0 Å². The van der Waals surface area contributed by atoms with Gasteiger partial charge >= 0.3 is 5.97 Å². The summed E-state index contributed by atoms with van der Waals surface area (Å²) < 4.78 is 0. The van der Waals surface area contributed by atoms with E-state index in [1.54, 1.807) is 0 Å². The van der Waals surface area contributed by atoms with Crippen molar-refractivity contribution in [2.75, 3.05) is 6.54 Å². The number of aliphatic carboxylic acids is 1. The Morgan fingerprint density at radius 1 is 1.15 bits per heavy atom. The monoisotopic (exact) mass is 195 g/mol. The highest BCUT2D eigenvalue weighted by atomic mass is 16.4. The SMILES string of the molecule is NC[C@H](O)[C@@H](O)[C@H](O)[C@@H](O)C(=O)O. The second-order valence-electron chi connectivity index (χ2n) is 2.57. The van der Waals surface area contributed by atoms with Crippen LogP contribution in [0.3, 0.4) is 0 Å². The van der Waals surface area contributed by atoms with Gasteiger partial charge in [0, 0.05) is 6.54 Å². The molecule has 0 saturated heterocycles. The highest BCUT2D eigenvalue weighted by Gasteiger charge is 2.33. The quantitative estimate of drug-likeness (QED) is 0.266. The number of nitrogens with two attached hydrogens (primary N) is 1. The third-order valence-electron chi connectivity index (χ3n) is 1.56. The fourth-order valence-corrected chi connectivity index (χ4v) is 0.700. The molecule has 4 atom stereocenters. The van der Waals surface area contributed by atoms with E-state index in [4.69, 9.17) is 31.3 Å². The molecule has 0 aliphatic heterocycles. The third-order valence-corrected chi connectivity index (χ3v) is 1.56. The Morgan fingerprint density at radius 3 is 1.92 bits per heavy atom. The van der Waals surface area contributed by atoms with Crippen LogP contribution in [0.25, 0.3) is 0 Å². The van der Waals surface area contributed by atoms with Crippen molar-refractivity contribution in [1.82, 2.24) is 0 Å². The van der Waals surface area contributed by atoms with E-state index in [1.165, 1.54) is 0 Å². The van der Waals surface area contributed by atoms with Gasteiger partial charge in [-0.1, -0.05) is 0 Å². The molecule has 0 unspecified atom stereocenters. The Hall–Kier alpha value is -0.730. The fourth-order valence-electron chi connectivity index (χ4n) is 0.700. The molecule has 7 nitrogen and oxygen atoms in total. The van der Waals surface area contributed by atoms with Gasteiger partial charge in [0.2, 0.25) is 0 Å². The van der Waals surface area contributed by atoms with Crippen molar-refractivity contribution in [1.29, 1.82) is 0 Å². The van der Waals surface area contributed by atoms with E-state index in [9.17, 15) is 4.79 Å². The minimum absolute atomic E-state index is 0.343. The van der Waals surface area contributed by atoms with Crippen molar-refractivity contribution in [2.24, 2.45) is 5.73 Å². The van der Waals surface area contributed by atoms with Gasteiger partial charge in [0.25, 0.3) is 0 Å². The lowest BCUT2D eigenvalue weighted by molar-refractivity contribution is -0.162. The number of rotatable bonds is 5. The van der Waals surface area contributed by atoms with Crippen molar-refractivity contribution in [3.05, 3.63) is 0 Å². The van der Waals surface area contributed by atoms with Gasteiger partial charge in [-0.25, -0.2) is 4.79 Å². The standard InChI is InChI=1S/C6H13NO6/c7-1-2(8)3(9)4(10)5(11)6(12)13/h2-5,8-11H,1,7H2,(H,12,13)/t2-,3+,4-,5+/m0/s1. The first kappa shape index (κ1) is 12.3. The summed E-state index contributed by atoms with van der Waals surface area (Å²) in [7, 11) is 0. The number of carboxylic acids is 1. The van der Waals surface area contributed by atoms with Crippen LogP contribution in [0, 0.1) is 0 Å². The van der Waals surface area contributed by atoms with E-state index >= 15 is 0 Å². The lowest BCUT2D eigenvalue weighted by Crippen LogP contribution is -2.49. The van der Waals surface area contributed by atoms with E-state index in [-0.39, 0.29) is 6.54 Å². The number of hydrogen-bond acceptors (Lipinski definition) is 6. The van der Waals surface area contributed by atoms with E-state index < -0.39 is 30.4 Å². The molecule has 0 amide bonds. The molecule has 78 valence electrons. The molecule has 0 aliphatic rings. The van der Waals surface area contributed by atoms with Crippen molar-refractivity contribution in [2.45, 2.75) is 24.4 Å². The summed E-state index contributed by atoms with van der Waals surface area (Å²) in [4.78, 5) is 10.1. The van der Waals surface area contributed by atoms with Crippen LogP contribution in [0.4, 0.5) is 0 Å². The van der Waals surface area contributed by atoms with Gasteiger partial charge in [-0.3, -0.25) is 0 Å². The Morgan fingerprint density at radius 2 is 1.62 bits per heavy atom. The summed E-state index contributed by atoms with van der Waals surface area (Å²) in [5.41, 5.74) is 4.94. The van der Waals surface area contributed by atoms with E-state index in [2.05, 4.69) is 0 Å². The molecule has 0 aromatic carbocycles. The van der Waals surface area contributed by atoms with Crippen LogP contribution in [0.2, 0.25) is 0 Å². The maximum atomic E-state index is 10.1. The van der Waals surface area contributed by atoms with Crippen LogP contribution in [-0.4, -0.2) is 62.5 Å². The molecule has 0 bridgehead atoms. The zero-order chi connectivity index (χ0) is 10.6. The number of aliphatic hydroxyl groups excluding tert-OH is 4. The van der Waals surface area contributed by atoms with Gasteiger partial charge in [-0.05, 0) is 0 Å². The van der Waals surface area contributed by atoms with Crippen molar-refractivity contribution >= 4 is 5.97 Å². The third kappa shape index (κ3) is 3.25. The van der Waals surface area contributed by atoms with Gasteiger partial charge in [0.1, 0.15) is 12.2 Å². The van der Waals surface area contributed by atoms with Crippen LogP contribution in [0.1, 0.15) is 0 Å². The number of carbonyl (C=O) groups is 1. The normalized spacial score (nSPS) is 20.4. The van der Waals surface area contributed by atoms with Gasteiger partial charge in [0.05, 0.1) is 6.10 Å². The lowest BCUT2D eigenvalue weighted by Gasteiger charge is -2.23. The molecule has 0 radical (unpaired) electrons. The molecule has 0 spiro atoms. The largest absolute Gasteiger partial charge is 0.479 e. The first-order valence-electron chi connectivity index (χ1n) is 3.57. The highest BCUT2D eigenvalue weighted by molar-refractivity contribution is 5.72. The molecule has 7 heteroatoms. The molecule has 0 aliphatic carbocycles. The number of carboxylic acid groups (broad SMARTS) is 1. The molecule has 0 fully saturated rings. The molecular formula is C6H13NO6. The average molecular weight is 195 g/mol. The second kappa shape index (κ2) is 5.10. The van der Waals surface area contributed by atoms with Crippen LogP contribution >= 0.6 is 0 Å². The Bertz CT molecular complexity index is 175. The maximum absolute atomic E-state index is 10.1. The molecule has 13 heavy (non-hydrogen) atoms. The number of hydrogen-bond donors (Lipinski definition) is 6. The Labute approximate surface area is 74.0 Å². The van der Waals surface area contributed by atoms with Crippen LogP contribution in [-0.2, 0) is 4.79 Å². The predicted octanol–water partition coefficient (Wildman–Crippen LogP) is -3.53. The zero-order valence-corrected chi connectivity index (χ0v) is 6.74. The van der Waals surface area contributed by atoms with E-state index in [0.29, 0.717) is 0 Å². The summed E-state index contributed by atoms with van der Waals surface area (Å²) in [6.07, 6.45) is -7.35. The minimum Gasteiger partial charge on any atom is -0.479 e. The van der Waals surface area contributed by atoms with Crippen molar-refractivity contribution in [3.8, 4) is 0 Å². The molecule has 0 saturated carbocycles. The van der Waals surface area contributed by atoms with Crippen molar-refractivity contribution < 1.29 is 30.3 Å². The summed E-state index contributed by atoms with van der Waals surface area (Å²) in [5, 5.41) is 43.8. The molecule has 7 N–H and O–H groups in total. The average Bonchev–Trinajstić information content (AvgIpc) is 2.12.